The Morgan fingerprint density at radius 2 is 1.74 bits per heavy atom. The molecule has 2 aromatic rings. The zero-order valence-corrected chi connectivity index (χ0v) is 20.2. The van der Waals surface area contributed by atoms with Gasteiger partial charge in [0.1, 0.15) is 12.5 Å². The van der Waals surface area contributed by atoms with Gasteiger partial charge in [-0.15, -0.1) is 11.6 Å². The molecule has 0 aliphatic rings. The Morgan fingerprint density at radius 3 is 2.26 bits per heavy atom. The van der Waals surface area contributed by atoms with Gasteiger partial charge >= 0.3 is 11.9 Å². The summed E-state index contributed by atoms with van der Waals surface area (Å²) in [6.07, 6.45) is -2.58. The first kappa shape index (κ1) is 27.5. The van der Waals surface area contributed by atoms with E-state index in [1.807, 2.05) is 24.3 Å². The molecule has 1 unspecified atom stereocenters. The lowest BCUT2D eigenvalue weighted by Crippen LogP contribution is -2.57. The molecule has 0 spiro atoms. The van der Waals surface area contributed by atoms with Crippen LogP contribution >= 0.6 is 11.6 Å². The van der Waals surface area contributed by atoms with Crippen LogP contribution in [-0.2, 0) is 30.5 Å². The molecule has 0 aliphatic heterocycles. The van der Waals surface area contributed by atoms with Gasteiger partial charge in [0.25, 0.3) is 5.91 Å². The van der Waals surface area contributed by atoms with E-state index in [9.17, 15) is 24.3 Å². The summed E-state index contributed by atoms with van der Waals surface area (Å²) in [5.74, 6) is -5.43. The molecule has 1 N–H and O–H groups in total. The van der Waals surface area contributed by atoms with Crippen molar-refractivity contribution in [3.8, 4) is 6.07 Å². The number of alkyl halides is 1. The van der Waals surface area contributed by atoms with Gasteiger partial charge in [0, 0.05) is 30.6 Å². The van der Waals surface area contributed by atoms with Crippen molar-refractivity contribution in [1.82, 2.24) is 0 Å². The number of carboxylic acids is 1. The Morgan fingerprint density at radius 1 is 1.11 bits per heavy atom. The van der Waals surface area contributed by atoms with Crippen molar-refractivity contribution < 1.29 is 33.5 Å². The topological polar surface area (TPSA) is 136 Å². The number of anilines is 1. The highest BCUT2D eigenvalue weighted by molar-refractivity contribution is 6.18. The molecule has 0 fully saturated rings. The highest BCUT2D eigenvalue weighted by Gasteiger charge is 2.46. The summed E-state index contributed by atoms with van der Waals surface area (Å²) in [6, 6.07) is 16.8. The lowest BCUT2D eigenvalue weighted by atomic mass is 9.94. The van der Waals surface area contributed by atoms with Crippen LogP contribution in [0.25, 0.3) is 0 Å². The Bertz CT molecular complexity index is 1100. The molecule has 35 heavy (non-hydrogen) atoms. The van der Waals surface area contributed by atoms with Crippen molar-refractivity contribution in [2.75, 3.05) is 24.8 Å². The molecule has 2 aromatic carbocycles. The van der Waals surface area contributed by atoms with Crippen LogP contribution in [0, 0.1) is 17.2 Å². The fourth-order valence-corrected chi connectivity index (χ4v) is 4.06. The number of nitrogens with zero attached hydrogens (tertiary/aromatic N) is 2. The summed E-state index contributed by atoms with van der Waals surface area (Å²) in [5.41, 5.74) is 1.43. The molecule has 9 nitrogen and oxygen atoms in total. The maximum Gasteiger partial charge on any atom is 0.321 e. The lowest BCUT2D eigenvalue weighted by molar-refractivity contribution is -0.847. The Kier molecular flexibility index (Phi) is 9.94. The van der Waals surface area contributed by atoms with Crippen LogP contribution in [0.5, 0.6) is 0 Å². The van der Waals surface area contributed by atoms with E-state index in [0.717, 1.165) is 12.5 Å². The molecule has 10 heteroatoms. The summed E-state index contributed by atoms with van der Waals surface area (Å²) >= 11 is 5.98. The number of hydrogen-bond acceptors (Lipinski definition) is 7. The second kappa shape index (κ2) is 12.6. The smallest absolute Gasteiger partial charge is 0.321 e. The van der Waals surface area contributed by atoms with Crippen molar-refractivity contribution in [2.45, 2.75) is 26.0 Å². The number of benzene rings is 2. The van der Waals surface area contributed by atoms with E-state index < -0.39 is 42.2 Å². The number of quaternary nitrogens is 1. The lowest BCUT2D eigenvalue weighted by Gasteiger charge is -2.36. The zero-order valence-electron chi connectivity index (χ0n) is 19.4. The minimum absolute atomic E-state index is 0.0861. The maximum absolute atomic E-state index is 13.8. The number of aliphatic carboxylic acids is 1. The first-order valence-corrected chi connectivity index (χ1v) is 11.3. The summed E-state index contributed by atoms with van der Waals surface area (Å²) in [5, 5.41) is 23.1. The van der Waals surface area contributed by atoms with Crippen LogP contribution in [0.1, 0.15) is 24.5 Å². The van der Waals surface area contributed by atoms with Gasteiger partial charge in [-0.05, 0) is 24.3 Å². The Hall–Kier alpha value is -3.74. The fourth-order valence-electron chi connectivity index (χ4n) is 3.68. The molecule has 0 saturated heterocycles. The molecule has 184 valence electrons. The van der Waals surface area contributed by atoms with E-state index in [1.165, 1.54) is 24.3 Å². The quantitative estimate of drug-likeness (QED) is 0.281. The largest absolute Gasteiger partial charge is 0.550 e. The van der Waals surface area contributed by atoms with E-state index >= 15 is 0 Å². The number of hydrogen-bond donors (Lipinski definition) is 1. The predicted octanol–water partition coefficient (Wildman–Crippen LogP) is 1.60. The van der Waals surface area contributed by atoms with E-state index in [-0.39, 0.29) is 29.1 Å². The molecular formula is C25H26ClN3O6. The molecule has 2 rings (SSSR count). The minimum atomic E-state index is -1.74. The number of ether oxygens (including phenoxy) is 1. The van der Waals surface area contributed by atoms with Crippen molar-refractivity contribution >= 4 is 41.0 Å². The van der Waals surface area contributed by atoms with Gasteiger partial charge in [-0.1, -0.05) is 30.3 Å². The number of carbonyl (C=O) groups excluding carboxylic acids is 4. The highest BCUT2D eigenvalue weighted by atomic mass is 35.5. The van der Waals surface area contributed by atoms with Gasteiger partial charge in [0.05, 0.1) is 31.1 Å². The number of halogens is 1. The number of rotatable bonds is 11. The molecular weight excluding hydrogens is 474 g/mol. The molecule has 0 bridgehead atoms. The van der Waals surface area contributed by atoms with Crippen LogP contribution in [0.15, 0.2) is 54.6 Å². The molecule has 0 radical (unpaired) electrons. The van der Waals surface area contributed by atoms with Gasteiger partial charge < -0.3 is 20.0 Å². The zero-order chi connectivity index (χ0) is 26.0. The van der Waals surface area contributed by atoms with Crippen LogP contribution in [0.3, 0.4) is 0 Å². The van der Waals surface area contributed by atoms with Gasteiger partial charge in [-0.25, -0.2) is 4.79 Å². The number of esters is 1. The molecule has 0 aliphatic carbocycles. The summed E-state index contributed by atoms with van der Waals surface area (Å²) in [6.45, 7) is 1.38. The second-order valence-corrected chi connectivity index (χ2v) is 8.56. The average Bonchev–Trinajstić information content (AvgIpc) is 2.81. The van der Waals surface area contributed by atoms with Crippen LogP contribution in [0.2, 0.25) is 0 Å². The number of nitriles is 1. The summed E-state index contributed by atoms with van der Waals surface area (Å²) < 4.78 is 4.85. The number of carboxylic acid groups (broad SMARTS) is 1. The minimum Gasteiger partial charge on any atom is -0.550 e. The fraction of sp³-hybridized carbons (Fsp3) is 0.320. The third kappa shape index (κ3) is 7.91. The third-order valence-electron chi connectivity index (χ3n) is 5.39. The van der Waals surface area contributed by atoms with E-state index in [1.54, 1.807) is 19.2 Å². The Balaban J connectivity index is 2.43. The third-order valence-corrected chi connectivity index (χ3v) is 5.56. The predicted molar refractivity (Wildman–Crippen MR) is 125 cm³/mol. The monoisotopic (exact) mass is 499 g/mol. The number of carbonyl (C=O) groups is 4. The van der Waals surface area contributed by atoms with Gasteiger partial charge in [0.15, 0.2) is 6.10 Å². The molecule has 0 aromatic heterocycles. The first-order valence-electron chi connectivity index (χ1n) is 10.8. The van der Waals surface area contributed by atoms with E-state index in [2.05, 4.69) is 5.32 Å². The average molecular weight is 500 g/mol. The van der Waals surface area contributed by atoms with Crippen LogP contribution < -0.4 is 10.4 Å². The van der Waals surface area contributed by atoms with Crippen molar-refractivity contribution in [3.63, 3.8) is 0 Å². The standard InChI is InChI=1S/C25H26ClN3O6/c1-17(30)35-23(24(33)28-20-10-8-18(15-27)9-11-20)21(14-22(31)32)25(34)29(2,13-12-26)16-19-6-4-3-5-7-19/h3-11,21,23H,12-14,16H2,1-2H3,(H-,28,31,32,33)/t21-,23-,29?/m1/s1. The first-order chi connectivity index (χ1) is 16.6. The number of nitrogens with one attached hydrogen (secondary N) is 1. The van der Waals surface area contributed by atoms with Crippen molar-refractivity contribution in [2.24, 2.45) is 5.92 Å². The van der Waals surface area contributed by atoms with E-state index in [4.69, 9.17) is 21.6 Å². The van der Waals surface area contributed by atoms with Crippen molar-refractivity contribution in [1.29, 1.82) is 5.26 Å². The van der Waals surface area contributed by atoms with Crippen molar-refractivity contribution in [3.05, 3.63) is 65.7 Å². The number of amides is 2. The van der Waals surface area contributed by atoms with Gasteiger partial charge in [0.2, 0.25) is 0 Å². The molecule has 3 atom stereocenters. The van der Waals surface area contributed by atoms with Crippen LogP contribution in [-0.4, -0.2) is 53.8 Å². The molecule has 2 amide bonds. The van der Waals surface area contributed by atoms with E-state index in [0.29, 0.717) is 5.56 Å². The summed E-state index contributed by atoms with van der Waals surface area (Å²) in [4.78, 5) is 50.3. The summed E-state index contributed by atoms with van der Waals surface area (Å²) in [7, 11) is 1.59. The SMILES string of the molecule is CC(=O)O[C@@H](C(=O)Nc1ccc(C#N)cc1)[C@@H](CC(=O)[O-])C(=O)[N+](C)(CCCl)Cc1ccccc1. The molecule has 0 saturated carbocycles. The maximum atomic E-state index is 13.8. The molecule has 0 heterocycles. The van der Waals surface area contributed by atoms with Gasteiger partial charge in [-0.3, -0.25) is 14.1 Å². The normalized spacial score (nSPS) is 14.0. The highest BCUT2D eigenvalue weighted by Crippen LogP contribution is 2.25. The van der Waals surface area contributed by atoms with Crippen LogP contribution in [0.4, 0.5) is 5.69 Å². The Labute approximate surface area is 208 Å². The van der Waals surface area contributed by atoms with Gasteiger partial charge in [-0.2, -0.15) is 5.26 Å². The second-order valence-electron chi connectivity index (χ2n) is 8.18.